The second-order valence-electron chi connectivity index (χ2n) is 10.0. The van der Waals surface area contributed by atoms with E-state index in [0.29, 0.717) is 19.4 Å². The van der Waals surface area contributed by atoms with Crippen LogP contribution in [0.15, 0.2) is 23.3 Å². The molecule has 5 rings (SSSR count). The van der Waals surface area contributed by atoms with Gasteiger partial charge in [0.15, 0.2) is 5.78 Å². The van der Waals surface area contributed by atoms with Gasteiger partial charge in [-0.1, -0.05) is 12.5 Å². The van der Waals surface area contributed by atoms with Crippen LogP contribution < -0.4 is 0 Å². The molecule has 3 saturated carbocycles. The number of rotatable bonds is 2. The van der Waals surface area contributed by atoms with E-state index in [0.717, 1.165) is 49.7 Å². The standard InChI is InChI=1S/C23H30O5/c1-21-7-5-18-19(3-2-15-11-16(25)4-8-22(15,18)13-24)23(21,27)9-6-17(21)14-10-20(26)28-12-14/h10-11,17-19,24,27H,2-9,12-13H2,1H3. The molecular formula is C23H30O5. The fourth-order valence-corrected chi connectivity index (χ4v) is 7.82. The van der Waals surface area contributed by atoms with Crippen LogP contribution in [-0.2, 0) is 14.3 Å². The van der Waals surface area contributed by atoms with Gasteiger partial charge in [-0.05, 0) is 74.3 Å². The van der Waals surface area contributed by atoms with Crippen molar-refractivity contribution in [3.8, 4) is 0 Å². The topological polar surface area (TPSA) is 83.8 Å². The van der Waals surface area contributed by atoms with Crippen LogP contribution in [0.1, 0.15) is 58.3 Å². The molecule has 0 bridgehead atoms. The Morgan fingerprint density at radius 1 is 1.07 bits per heavy atom. The average Bonchev–Trinajstić information content (AvgIpc) is 3.22. The highest BCUT2D eigenvalue weighted by atomic mass is 16.5. The van der Waals surface area contributed by atoms with Crippen LogP contribution >= 0.6 is 0 Å². The van der Waals surface area contributed by atoms with Crippen LogP contribution in [-0.4, -0.2) is 40.8 Å². The van der Waals surface area contributed by atoms with Crippen molar-refractivity contribution >= 4 is 11.8 Å². The summed E-state index contributed by atoms with van der Waals surface area (Å²) in [7, 11) is 0. The third kappa shape index (κ3) is 2.20. The van der Waals surface area contributed by atoms with E-state index in [1.54, 1.807) is 12.2 Å². The van der Waals surface area contributed by atoms with Crippen LogP contribution in [0.2, 0.25) is 0 Å². The Labute approximate surface area is 165 Å². The molecule has 0 radical (unpaired) electrons. The molecule has 0 aromatic carbocycles. The predicted octanol–water partition coefficient (Wildman–Crippen LogP) is 2.71. The van der Waals surface area contributed by atoms with Gasteiger partial charge in [0, 0.05) is 23.3 Å². The van der Waals surface area contributed by atoms with Gasteiger partial charge in [-0.15, -0.1) is 0 Å². The number of carbonyl (C=O) groups is 2. The highest BCUT2D eigenvalue weighted by molar-refractivity contribution is 5.91. The summed E-state index contributed by atoms with van der Waals surface area (Å²) in [5, 5.41) is 22.5. The third-order valence-electron chi connectivity index (χ3n) is 9.29. The van der Waals surface area contributed by atoms with Gasteiger partial charge in [-0.2, -0.15) is 0 Å². The molecule has 5 nitrogen and oxygen atoms in total. The van der Waals surface area contributed by atoms with Crippen molar-refractivity contribution in [1.29, 1.82) is 0 Å². The van der Waals surface area contributed by atoms with Crippen LogP contribution in [0.4, 0.5) is 0 Å². The molecule has 5 heteroatoms. The van der Waals surface area contributed by atoms with Crippen LogP contribution in [0.25, 0.3) is 0 Å². The lowest BCUT2D eigenvalue weighted by Crippen LogP contribution is -2.62. The zero-order valence-electron chi connectivity index (χ0n) is 16.6. The summed E-state index contributed by atoms with van der Waals surface area (Å²) in [6.45, 7) is 2.63. The van der Waals surface area contributed by atoms with Crippen LogP contribution in [0.3, 0.4) is 0 Å². The van der Waals surface area contributed by atoms with Crippen molar-refractivity contribution in [2.45, 2.75) is 63.9 Å². The highest BCUT2D eigenvalue weighted by Crippen LogP contribution is 2.69. The maximum Gasteiger partial charge on any atom is 0.331 e. The molecule has 6 unspecified atom stereocenters. The van der Waals surface area contributed by atoms with E-state index in [2.05, 4.69) is 6.92 Å². The van der Waals surface area contributed by atoms with Gasteiger partial charge in [-0.3, -0.25) is 4.79 Å². The van der Waals surface area contributed by atoms with Crippen LogP contribution in [0, 0.1) is 28.6 Å². The highest BCUT2D eigenvalue weighted by Gasteiger charge is 2.67. The maximum atomic E-state index is 12.1. The summed E-state index contributed by atoms with van der Waals surface area (Å²) >= 11 is 0. The van der Waals surface area contributed by atoms with Gasteiger partial charge in [0.2, 0.25) is 0 Å². The number of aliphatic hydroxyl groups excluding tert-OH is 1. The van der Waals surface area contributed by atoms with Gasteiger partial charge < -0.3 is 14.9 Å². The van der Waals surface area contributed by atoms with E-state index in [-0.39, 0.29) is 46.9 Å². The smallest absolute Gasteiger partial charge is 0.331 e. The van der Waals surface area contributed by atoms with Crippen molar-refractivity contribution in [2.75, 3.05) is 13.2 Å². The number of aliphatic hydroxyl groups is 2. The van der Waals surface area contributed by atoms with Crippen LogP contribution in [0.5, 0.6) is 0 Å². The molecule has 6 atom stereocenters. The quantitative estimate of drug-likeness (QED) is 0.713. The Hall–Kier alpha value is -1.46. The first kappa shape index (κ1) is 18.6. The summed E-state index contributed by atoms with van der Waals surface area (Å²) < 4.78 is 5.17. The van der Waals surface area contributed by atoms with E-state index in [1.807, 2.05) is 0 Å². The molecule has 0 spiro atoms. The minimum Gasteiger partial charge on any atom is -0.458 e. The second kappa shape index (κ2) is 6.02. The molecular weight excluding hydrogens is 356 g/mol. The molecule has 3 fully saturated rings. The molecule has 28 heavy (non-hydrogen) atoms. The number of hydrogen-bond acceptors (Lipinski definition) is 5. The van der Waals surface area contributed by atoms with Gasteiger partial charge >= 0.3 is 5.97 Å². The molecule has 1 heterocycles. The molecule has 152 valence electrons. The fourth-order valence-electron chi connectivity index (χ4n) is 7.82. The lowest BCUT2D eigenvalue weighted by Gasteiger charge is -2.62. The monoisotopic (exact) mass is 386 g/mol. The van der Waals surface area contributed by atoms with Gasteiger partial charge in [0.05, 0.1) is 12.2 Å². The lowest BCUT2D eigenvalue weighted by molar-refractivity contribution is -0.187. The van der Waals surface area contributed by atoms with Gasteiger partial charge in [0.1, 0.15) is 6.61 Å². The summed E-state index contributed by atoms with van der Waals surface area (Å²) in [5.41, 5.74) is 0.765. The number of fused-ring (bicyclic) bond motifs is 5. The zero-order chi connectivity index (χ0) is 19.7. The lowest BCUT2D eigenvalue weighted by atomic mass is 9.44. The van der Waals surface area contributed by atoms with Gasteiger partial charge in [-0.25, -0.2) is 4.79 Å². The van der Waals surface area contributed by atoms with E-state index in [1.165, 1.54) is 0 Å². The van der Waals surface area contributed by atoms with Gasteiger partial charge in [0.25, 0.3) is 0 Å². The number of ketones is 1. The second-order valence-corrected chi connectivity index (χ2v) is 10.0. The molecule has 4 aliphatic carbocycles. The number of ether oxygens (including phenoxy) is 1. The first-order valence-electron chi connectivity index (χ1n) is 10.8. The Kier molecular flexibility index (Phi) is 3.99. The first-order chi connectivity index (χ1) is 13.3. The fraction of sp³-hybridized carbons (Fsp3) is 0.739. The van der Waals surface area contributed by atoms with E-state index in [9.17, 15) is 19.8 Å². The van der Waals surface area contributed by atoms with E-state index in [4.69, 9.17) is 4.74 Å². The molecule has 0 amide bonds. The number of carbonyl (C=O) groups excluding carboxylic acids is 2. The number of cyclic esters (lactones) is 1. The van der Waals surface area contributed by atoms with Crippen molar-refractivity contribution in [1.82, 2.24) is 0 Å². The summed E-state index contributed by atoms with van der Waals surface area (Å²) in [4.78, 5) is 23.6. The normalized spacial score (nSPS) is 47.6. The Bertz CT molecular complexity index is 797. The van der Waals surface area contributed by atoms with Crippen molar-refractivity contribution in [3.63, 3.8) is 0 Å². The molecule has 2 N–H and O–H groups in total. The average molecular weight is 386 g/mol. The first-order valence-corrected chi connectivity index (χ1v) is 10.8. The summed E-state index contributed by atoms with van der Waals surface area (Å²) in [6, 6.07) is 0. The Balaban J connectivity index is 1.52. The third-order valence-corrected chi connectivity index (χ3v) is 9.29. The molecule has 0 aromatic rings. The van der Waals surface area contributed by atoms with Crippen molar-refractivity contribution < 1.29 is 24.5 Å². The van der Waals surface area contributed by atoms with Crippen molar-refractivity contribution in [3.05, 3.63) is 23.3 Å². The minimum atomic E-state index is -0.789. The van der Waals surface area contributed by atoms with Crippen molar-refractivity contribution in [2.24, 2.45) is 28.6 Å². The number of esters is 1. The zero-order valence-corrected chi connectivity index (χ0v) is 16.6. The summed E-state index contributed by atoms with van der Waals surface area (Å²) in [6.07, 6.45) is 9.75. The predicted molar refractivity (Wildman–Crippen MR) is 102 cm³/mol. The Morgan fingerprint density at radius 3 is 2.61 bits per heavy atom. The molecule has 1 aliphatic heterocycles. The molecule has 0 aromatic heterocycles. The number of hydrogen-bond donors (Lipinski definition) is 2. The molecule has 5 aliphatic rings. The minimum absolute atomic E-state index is 0.0665. The maximum absolute atomic E-state index is 12.1. The SMILES string of the molecule is CC12CCC3C(CCC4=CC(=O)CCC43CO)C1(O)CCC2C1=CC(=O)OC1. The largest absolute Gasteiger partial charge is 0.458 e. The van der Waals surface area contributed by atoms with E-state index < -0.39 is 5.60 Å². The summed E-state index contributed by atoms with van der Waals surface area (Å²) in [5.74, 6) is 0.446. The Morgan fingerprint density at radius 2 is 1.89 bits per heavy atom. The van der Waals surface area contributed by atoms with E-state index >= 15 is 0 Å². The molecule has 0 saturated heterocycles.